The molecular weight excluding hydrogens is 388 g/mol. The Bertz CT molecular complexity index is 1020. The lowest BCUT2D eigenvalue weighted by Gasteiger charge is -2.19. The van der Waals surface area contributed by atoms with Crippen molar-refractivity contribution < 1.29 is 9.53 Å². The Morgan fingerprint density at radius 1 is 1.10 bits per heavy atom. The van der Waals surface area contributed by atoms with Gasteiger partial charge in [-0.25, -0.2) is 4.98 Å². The number of ether oxygens (including phenoxy) is 1. The number of hydrogen-bond acceptors (Lipinski definition) is 4. The summed E-state index contributed by atoms with van der Waals surface area (Å²) in [7, 11) is 1.70. The molecule has 1 fully saturated rings. The summed E-state index contributed by atoms with van der Waals surface area (Å²) < 4.78 is 7.91. The number of nitrogens with two attached hydrogens (primary N) is 1. The Balaban J connectivity index is 1.65. The van der Waals surface area contributed by atoms with Crippen LogP contribution < -0.4 is 10.5 Å². The Morgan fingerprint density at radius 2 is 1.87 bits per heavy atom. The van der Waals surface area contributed by atoms with E-state index in [1.807, 2.05) is 42.6 Å². The van der Waals surface area contributed by atoms with Crippen LogP contribution in [0, 0.1) is 5.92 Å². The standard InChI is InChI=1S/C25H30N4O2/c1-31-23-12-6-5-11-22(23)29-21(17-27-25(29)20-9-3-2-4-10-20)16-19-8-7-14-28(15-13-19)18-24(26)30/h2-6,9-12,17,19H,7-8,13-16,18H2,1H3,(H2,26,30). The Morgan fingerprint density at radius 3 is 2.65 bits per heavy atom. The summed E-state index contributed by atoms with van der Waals surface area (Å²) in [5.74, 6) is 2.03. The summed E-state index contributed by atoms with van der Waals surface area (Å²) in [6.07, 6.45) is 6.19. The highest BCUT2D eigenvalue weighted by atomic mass is 16.5. The minimum atomic E-state index is -0.250. The maximum atomic E-state index is 11.3. The van der Waals surface area contributed by atoms with Crippen molar-refractivity contribution in [3.63, 3.8) is 0 Å². The SMILES string of the molecule is COc1ccccc1-n1c(CC2CCCN(CC(N)=O)CC2)cnc1-c1ccccc1. The van der Waals surface area contributed by atoms with Crippen LogP contribution >= 0.6 is 0 Å². The molecule has 0 saturated carbocycles. The smallest absolute Gasteiger partial charge is 0.231 e. The molecule has 0 spiro atoms. The van der Waals surface area contributed by atoms with Crippen LogP contribution in [-0.4, -0.2) is 47.1 Å². The first-order chi connectivity index (χ1) is 15.2. The van der Waals surface area contributed by atoms with Crippen LogP contribution in [-0.2, 0) is 11.2 Å². The highest BCUT2D eigenvalue weighted by molar-refractivity contribution is 5.75. The van der Waals surface area contributed by atoms with Crippen molar-refractivity contribution in [2.75, 3.05) is 26.7 Å². The predicted octanol–water partition coefficient (Wildman–Crippen LogP) is 3.68. The number of carbonyl (C=O) groups excluding carboxylic acids is 1. The third kappa shape index (κ3) is 4.97. The van der Waals surface area contributed by atoms with E-state index in [4.69, 9.17) is 15.5 Å². The summed E-state index contributed by atoms with van der Waals surface area (Å²) in [6, 6.07) is 18.4. The second-order valence-corrected chi connectivity index (χ2v) is 8.19. The van der Waals surface area contributed by atoms with Crippen LogP contribution in [0.5, 0.6) is 5.75 Å². The molecule has 1 aromatic heterocycles. The maximum Gasteiger partial charge on any atom is 0.231 e. The second kappa shape index (κ2) is 9.79. The molecule has 0 radical (unpaired) electrons. The van der Waals surface area contributed by atoms with Crippen molar-refractivity contribution in [1.82, 2.24) is 14.5 Å². The van der Waals surface area contributed by atoms with E-state index in [9.17, 15) is 4.79 Å². The fourth-order valence-electron chi connectivity index (χ4n) is 4.51. The summed E-state index contributed by atoms with van der Waals surface area (Å²) in [5.41, 5.74) is 8.65. The number of aromatic nitrogens is 2. The van der Waals surface area contributed by atoms with Gasteiger partial charge in [-0.3, -0.25) is 14.3 Å². The normalized spacial score (nSPS) is 17.3. The molecule has 6 heteroatoms. The van der Waals surface area contributed by atoms with E-state index in [-0.39, 0.29) is 5.91 Å². The van der Waals surface area contributed by atoms with E-state index >= 15 is 0 Å². The summed E-state index contributed by atoms with van der Waals surface area (Å²) in [4.78, 5) is 18.3. The van der Waals surface area contributed by atoms with Gasteiger partial charge in [0.2, 0.25) is 5.91 Å². The number of nitrogens with zero attached hydrogens (tertiary/aromatic N) is 3. The van der Waals surface area contributed by atoms with Crippen molar-refractivity contribution in [3.05, 3.63) is 66.5 Å². The first-order valence-electron chi connectivity index (χ1n) is 10.9. The highest BCUT2D eigenvalue weighted by Crippen LogP contribution is 2.32. The molecule has 2 heterocycles. The molecular formula is C25H30N4O2. The average Bonchev–Trinajstić information content (AvgIpc) is 3.07. The number of likely N-dealkylation sites (tertiary alicyclic amines) is 1. The fraction of sp³-hybridized carbons (Fsp3) is 0.360. The first kappa shape index (κ1) is 21.1. The minimum Gasteiger partial charge on any atom is -0.495 e. The predicted molar refractivity (Wildman–Crippen MR) is 122 cm³/mol. The Hall–Kier alpha value is -3.12. The molecule has 1 aliphatic heterocycles. The molecule has 1 aliphatic rings. The molecule has 6 nitrogen and oxygen atoms in total. The van der Waals surface area contributed by atoms with Crippen LogP contribution in [0.4, 0.5) is 0 Å². The average molecular weight is 419 g/mol. The van der Waals surface area contributed by atoms with Gasteiger partial charge in [0.25, 0.3) is 0 Å². The topological polar surface area (TPSA) is 73.4 Å². The molecule has 1 amide bonds. The molecule has 3 aromatic rings. The van der Waals surface area contributed by atoms with Crippen LogP contribution in [0.3, 0.4) is 0 Å². The lowest BCUT2D eigenvalue weighted by Crippen LogP contribution is -2.34. The zero-order valence-corrected chi connectivity index (χ0v) is 18.0. The van der Waals surface area contributed by atoms with Gasteiger partial charge in [0, 0.05) is 17.5 Å². The van der Waals surface area contributed by atoms with E-state index in [1.165, 1.54) is 5.69 Å². The van der Waals surface area contributed by atoms with Crippen molar-refractivity contribution in [2.24, 2.45) is 11.7 Å². The molecule has 1 unspecified atom stereocenters. The lowest BCUT2D eigenvalue weighted by atomic mass is 9.95. The van der Waals surface area contributed by atoms with Gasteiger partial charge in [0.15, 0.2) is 0 Å². The quantitative estimate of drug-likeness (QED) is 0.635. The molecule has 2 aromatic carbocycles. The number of primary amides is 1. The van der Waals surface area contributed by atoms with E-state index in [0.717, 1.165) is 61.6 Å². The van der Waals surface area contributed by atoms with Gasteiger partial charge in [-0.05, 0) is 56.8 Å². The summed E-state index contributed by atoms with van der Waals surface area (Å²) in [6.45, 7) is 2.19. The van der Waals surface area contributed by atoms with Crippen molar-refractivity contribution in [1.29, 1.82) is 0 Å². The van der Waals surface area contributed by atoms with Crippen LogP contribution in [0.1, 0.15) is 25.0 Å². The lowest BCUT2D eigenvalue weighted by molar-refractivity contribution is -0.119. The first-order valence-corrected chi connectivity index (χ1v) is 10.9. The molecule has 2 N–H and O–H groups in total. The molecule has 31 heavy (non-hydrogen) atoms. The number of imidazole rings is 1. The van der Waals surface area contributed by atoms with Gasteiger partial charge in [-0.1, -0.05) is 42.5 Å². The summed E-state index contributed by atoms with van der Waals surface area (Å²) >= 11 is 0. The molecule has 4 rings (SSSR count). The van der Waals surface area contributed by atoms with E-state index in [2.05, 4.69) is 27.7 Å². The van der Waals surface area contributed by atoms with Crippen LogP contribution in [0.25, 0.3) is 17.1 Å². The van der Waals surface area contributed by atoms with Crippen molar-refractivity contribution in [2.45, 2.75) is 25.7 Å². The number of para-hydroxylation sites is 2. The monoisotopic (exact) mass is 418 g/mol. The van der Waals surface area contributed by atoms with Crippen molar-refractivity contribution in [3.8, 4) is 22.8 Å². The molecule has 162 valence electrons. The minimum absolute atomic E-state index is 0.250. The largest absolute Gasteiger partial charge is 0.495 e. The number of methoxy groups -OCH3 is 1. The van der Waals surface area contributed by atoms with E-state index < -0.39 is 0 Å². The van der Waals surface area contributed by atoms with Gasteiger partial charge in [-0.2, -0.15) is 0 Å². The fourth-order valence-corrected chi connectivity index (χ4v) is 4.51. The third-order valence-corrected chi connectivity index (χ3v) is 6.01. The Kier molecular flexibility index (Phi) is 6.67. The van der Waals surface area contributed by atoms with Crippen LogP contribution in [0.15, 0.2) is 60.8 Å². The van der Waals surface area contributed by atoms with Gasteiger partial charge in [0.1, 0.15) is 11.6 Å². The number of amides is 1. The number of carbonyl (C=O) groups is 1. The van der Waals surface area contributed by atoms with Gasteiger partial charge in [0.05, 0.1) is 19.3 Å². The second-order valence-electron chi connectivity index (χ2n) is 8.19. The van der Waals surface area contributed by atoms with Crippen molar-refractivity contribution >= 4 is 5.91 Å². The third-order valence-electron chi connectivity index (χ3n) is 6.01. The van der Waals surface area contributed by atoms with E-state index in [1.54, 1.807) is 7.11 Å². The van der Waals surface area contributed by atoms with E-state index in [0.29, 0.717) is 12.5 Å². The van der Waals surface area contributed by atoms with Gasteiger partial charge >= 0.3 is 0 Å². The van der Waals surface area contributed by atoms with Gasteiger partial charge in [-0.15, -0.1) is 0 Å². The van der Waals surface area contributed by atoms with Gasteiger partial charge < -0.3 is 10.5 Å². The number of benzene rings is 2. The maximum absolute atomic E-state index is 11.3. The zero-order valence-electron chi connectivity index (χ0n) is 18.0. The molecule has 0 bridgehead atoms. The molecule has 1 saturated heterocycles. The zero-order chi connectivity index (χ0) is 21.6. The molecule has 0 aliphatic carbocycles. The van der Waals surface area contributed by atoms with Crippen LogP contribution in [0.2, 0.25) is 0 Å². The Labute approximate surface area is 183 Å². The summed E-state index contributed by atoms with van der Waals surface area (Å²) in [5, 5.41) is 0. The number of hydrogen-bond donors (Lipinski definition) is 1. The number of rotatable bonds is 7. The molecule has 1 atom stereocenters. The highest BCUT2D eigenvalue weighted by Gasteiger charge is 2.22.